The quantitative estimate of drug-likeness (QED) is 0.537. The Hall–Kier alpha value is -1.92. The molecule has 0 N–H and O–H groups in total. The maximum absolute atomic E-state index is 13.8. The number of carbonyl (C=O) groups excluding carboxylic acids is 1. The normalized spacial score (nSPS) is 31.9. The average Bonchev–Trinajstić information content (AvgIpc) is 3.36. The third kappa shape index (κ3) is 3.78. The zero-order valence-corrected chi connectivity index (χ0v) is 21.8. The molecule has 6 heteroatoms. The average molecular weight is 468 g/mol. The summed E-state index contributed by atoms with van der Waals surface area (Å²) in [6, 6.07) is 0.223. The standard InChI is InChI=1S/C28H41N3O3/c1-7-21-18-22(24(32)30-15-10-14-28(19(30)2)12-8-9-13-28)29-23-17-20(11-16-31(21)23)25-33-26(3,4)27(5,6)34-25/h8-9,17-20,25H,7,10-16H2,1-6H3. The molecule has 1 aliphatic carbocycles. The lowest BCUT2D eigenvalue weighted by Gasteiger charge is -2.47. The highest BCUT2D eigenvalue weighted by Gasteiger charge is 2.51. The number of amides is 1. The Labute approximate surface area is 204 Å². The van der Waals surface area contributed by atoms with Crippen LogP contribution in [-0.2, 0) is 14.3 Å². The van der Waals surface area contributed by atoms with Crippen LogP contribution in [0.1, 0.15) is 80.1 Å². The smallest absolute Gasteiger partial charge is 0.272 e. The summed E-state index contributed by atoms with van der Waals surface area (Å²) in [6.45, 7) is 14.4. The van der Waals surface area contributed by atoms with E-state index in [4.69, 9.17) is 14.5 Å². The maximum Gasteiger partial charge on any atom is 0.272 e. The molecule has 0 bridgehead atoms. The van der Waals surface area contributed by atoms with E-state index in [-0.39, 0.29) is 40.8 Å². The number of hydrogen-bond acceptors (Lipinski definition) is 5. The molecule has 0 aromatic carbocycles. The van der Waals surface area contributed by atoms with Gasteiger partial charge in [-0.15, -0.1) is 0 Å². The fraction of sp³-hybridized carbons (Fsp3) is 0.714. The molecule has 1 spiro atoms. The van der Waals surface area contributed by atoms with Gasteiger partial charge >= 0.3 is 0 Å². The molecule has 186 valence electrons. The summed E-state index contributed by atoms with van der Waals surface area (Å²) in [7, 11) is 0. The Morgan fingerprint density at radius 3 is 2.44 bits per heavy atom. The minimum Gasteiger partial charge on any atom is -0.343 e. The van der Waals surface area contributed by atoms with Crippen molar-refractivity contribution in [3.63, 3.8) is 0 Å². The van der Waals surface area contributed by atoms with Gasteiger partial charge in [0.15, 0.2) is 6.29 Å². The Morgan fingerprint density at radius 2 is 1.79 bits per heavy atom. The molecule has 0 aromatic heterocycles. The first-order chi connectivity index (χ1) is 16.1. The number of aliphatic imine (C=N–C) groups is 1. The zero-order chi connectivity index (χ0) is 24.3. The Balaban J connectivity index is 1.40. The van der Waals surface area contributed by atoms with Gasteiger partial charge in [0.2, 0.25) is 0 Å². The maximum atomic E-state index is 13.8. The molecule has 6 nitrogen and oxygen atoms in total. The van der Waals surface area contributed by atoms with E-state index in [2.05, 4.69) is 69.6 Å². The third-order valence-electron chi connectivity index (χ3n) is 9.32. The van der Waals surface area contributed by atoms with Crippen LogP contribution in [0.4, 0.5) is 0 Å². The van der Waals surface area contributed by atoms with Crippen molar-refractivity contribution < 1.29 is 14.3 Å². The third-order valence-corrected chi connectivity index (χ3v) is 9.32. The summed E-state index contributed by atoms with van der Waals surface area (Å²) in [5, 5.41) is 0. The molecule has 0 radical (unpaired) electrons. The summed E-state index contributed by atoms with van der Waals surface area (Å²) in [6.07, 6.45) is 14.7. The largest absolute Gasteiger partial charge is 0.343 e. The van der Waals surface area contributed by atoms with E-state index in [1.54, 1.807) is 0 Å². The number of ether oxygens (including phenoxy) is 2. The molecular formula is C28H41N3O3. The van der Waals surface area contributed by atoms with Gasteiger partial charge in [-0.2, -0.15) is 0 Å². The van der Waals surface area contributed by atoms with E-state index in [0.29, 0.717) is 5.71 Å². The Bertz CT molecular complexity index is 949. The van der Waals surface area contributed by atoms with Crippen LogP contribution in [0.15, 0.2) is 40.8 Å². The molecule has 4 heterocycles. The number of rotatable bonds is 3. The first-order valence-electron chi connectivity index (χ1n) is 13.2. The summed E-state index contributed by atoms with van der Waals surface area (Å²) in [5.74, 6) is 1.06. The molecule has 2 saturated heterocycles. The van der Waals surface area contributed by atoms with Gasteiger partial charge in [0.05, 0.1) is 11.2 Å². The predicted molar refractivity (Wildman–Crippen MR) is 134 cm³/mol. The van der Waals surface area contributed by atoms with E-state index < -0.39 is 0 Å². The highest BCUT2D eigenvalue weighted by molar-refractivity contribution is 6.43. The van der Waals surface area contributed by atoms with Crippen molar-refractivity contribution in [2.45, 2.75) is 104 Å². The number of allylic oxidation sites excluding steroid dienone is 3. The number of piperidine rings is 1. The number of nitrogens with zero attached hydrogens (tertiary/aromatic N) is 3. The fourth-order valence-corrected chi connectivity index (χ4v) is 6.24. The van der Waals surface area contributed by atoms with Crippen molar-refractivity contribution in [2.24, 2.45) is 16.3 Å². The van der Waals surface area contributed by atoms with E-state index in [1.807, 2.05) is 6.08 Å². The van der Waals surface area contributed by atoms with Gasteiger partial charge in [-0.25, -0.2) is 4.99 Å². The van der Waals surface area contributed by atoms with Crippen molar-refractivity contribution in [3.8, 4) is 0 Å². The fourth-order valence-electron chi connectivity index (χ4n) is 6.24. The first-order valence-corrected chi connectivity index (χ1v) is 13.2. The zero-order valence-electron chi connectivity index (χ0n) is 21.8. The lowest BCUT2D eigenvalue weighted by Crippen LogP contribution is -2.54. The SMILES string of the molecule is CCC1=CC(C(=O)N2CCCC3(CC=CC3)C2C)=NC2=CC(C3OC(C)(C)C(C)(C)O3)CCN12. The number of hydrogen-bond donors (Lipinski definition) is 0. The van der Waals surface area contributed by atoms with E-state index in [9.17, 15) is 4.79 Å². The lowest BCUT2D eigenvalue weighted by atomic mass is 9.71. The molecule has 1 amide bonds. The first kappa shape index (κ1) is 23.8. The van der Waals surface area contributed by atoms with Gasteiger partial charge in [-0.05, 0) is 90.7 Å². The molecule has 34 heavy (non-hydrogen) atoms. The van der Waals surface area contributed by atoms with Crippen LogP contribution in [0.2, 0.25) is 0 Å². The molecule has 5 rings (SSSR count). The Morgan fingerprint density at radius 1 is 1.12 bits per heavy atom. The monoisotopic (exact) mass is 467 g/mol. The molecule has 4 aliphatic heterocycles. The topological polar surface area (TPSA) is 54.4 Å². The van der Waals surface area contributed by atoms with E-state index in [1.165, 1.54) is 12.1 Å². The highest BCUT2D eigenvalue weighted by atomic mass is 16.7. The van der Waals surface area contributed by atoms with Gasteiger partial charge in [0.25, 0.3) is 5.91 Å². The second kappa shape index (κ2) is 8.34. The number of carbonyl (C=O) groups is 1. The molecule has 2 unspecified atom stereocenters. The highest BCUT2D eigenvalue weighted by Crippen LogP contribution is 2.46. The van der Waals surface area contributed by atoms with Crippen molar-refractivity contribution in [2.75, 3.05) is 13.1 Å². The van der Waals surface area contributed by atoms with Crippen molar-refractivity contribution >= 4 is 11.6 Å². The van der Waals surface area contributed by atoms with Gasteiger partial charge in [-0.1, -0.05) is 19.1 Å². The summed E-state index contributed by atoms with van der Waals surface area (Å²) in [5.41, 5.74) is 1.24. The van der Waals surface area contributed by atoms with E-state index in [0.717, 1.165) is 51.0 Å². The van der Waals surface area contributed by atoms with Crippen LogP contribution < -0.4 is 0 Å². The van der Waals surface area contributed by atoms with Crippen LogP contribution in [0.25, 0.3) is 0 Å². The molecule has 0 saturated carbocycles. The van der Waals surface area contributed by atoms with Gasteiger partial charge in [-0.3, -0.25) is 4.79 Å². The Kier molecular flexibility index (Phi) is 5.84. The molecule has 5 aliphatic rings. The minimum atomic E-state index is -0.353. The number of fused-ring (bicyclic) bond motifs is 1. The summed E-state index contributed by atoms with van der Waals surface area (Å²) < 4.78 is 12.7. The molecule has 2 atom stereocenters. The van der Waals surface area contributed by atoms with Crippen LogP contribution in [0, 0.1) is 11.3 Å². The summed E-state index contributed by atoms with van der Waals surface area (Å²) in [4.78, 5) is 23.1. The second-order valence-electron chi connectivity index (χ2n) is 11.8. The van der Waals surface area contributed by atoms with Crippen LogP contribution in [-0.4, -0.2) is 58.0 Å². The van der Waals surface area contributed by atoms with Crippen molar-refractivity contribution in [1.29, 1.82) is 0 Å². The molecule has 0 aromatic rings. The van der Waals surface area contributed by atoms with Crippen molar-refractivity contribution in [1.82, 2.24) is 9.80 Å². The summed E-state index contributed by atoms with van der Waals surface area (Å²) >= 11 is 0. The lowest BCUT2D eigenvalue weighted by molar-refractivity contribution is -0.131. The van der Waals surface area contributed by atoms with Gasteiger partial charge in [0.1, 0.15) is 11.5 Å². The molecular weight excluding hydrogens is 426 g/mol. The van der Waals surface area contributed by atoms with Crippen molar-refractivity contribution in [3.05, 3.63) is 35.8 Å². The predicted octanol–water partition coefficient (Wildman–Crippen LogP) is 5.18. The second-order valence-corrected chi connectivity index (χ2v) is 11.8. The van der Waals surface area contributed by atoms with E-state index >= 15 is 0 Å². The van der Waals surface area contributed by atoms with Crippen LogP contribution in [0.5, 0.6) is 0 Å². The number of likely N-dealkylation sites (tertiary alicyclic amines) is 1. The van der Waals surface area contributed by atoms with Crippen LogP contribution in [0.3, 0.4) is 0 Å². The van der Waals surface area contributed by atoms with Crippen LogP contribution >= 0.6 is 0 Å². The molecule has 2 fully saturated rings. The van der Waals surface area contributed by atoms with Gasteiger partial charge < -0.3 is 19.3 Å². The minimum absolute atomic E-state index is 0.0720. The van der Waals surface area contributed by atoms with Gasteiger partial charge in [0, 0.05) is 30.7 Å².